The Bertz CT molecular complexity index is 670. The molecule has 0 bridgehead atoms. The van der Waals surface area contributed by atoms with Crippen LogP contribution >= 0.6 is 35.3 Å². The summed E-state index contributed by atoms with van der Waals surface area (Å²) in [6.07, 6.45) is 6.62. The van der Waals surface area contributed by atoms with Crippen LogP contribution in [-0.2, 0) is 10.0 Å². The maximum absolute atomic E-state index is 12.1. The second-order valence-electron chi connectivity index (χ2n) is 6.68. The molecule has 2 N–H and O–H groups in total. The zero-order valence-electron chi connectivity index (χ0n) is 14.5. The van der Waals surface area contributed by atoms with E-state index < -0.39 is 10.0 Å². The van der Waals surface area contributed by atoms with Crippen molar-refractivity contribution in [3.63, 3.8) is 0 Å². The van der Waals surface area contributed by atoms with E-state index >= 15 is 0 Å². The molecule has 25 heavy (non-hydrogen) atoms. The Kier molecular flexibility index (Phi) is 7.53. The van der Waals surface area contributed by atoms with Crippen molar-refractivity contribution in [1.29, 1.82) is 0 Å². The highest BCUT2D eigenvalue weighted by Gasteiger charge is 2.41. The standard InChI is InChI=1S/C16H26N4O2S2.HI/c1-17-15(20-11-8-16(13-20)6-2-3-7-16)18-9-10-19-24(21,22)14-5-4-12-23-14;/h4-5,12,19H,2-3,6-11,13H2,1H3,(H,17,18);1H. The summed E-state index contributed by atoms with van der Waals surface area (Å²) in [6, 6.07) is 3.36. The van der Waals surface area contributed by atoms with Crippen molar-refractivity contribution < 1.29 is 8.42 Å². The van der Waals surface area contributed by atoms with Crippen LogP contribution in [0.5, 0.6) is 0 Å². The van der Waals surface area contributed by atoms with Crippen molar-refractivity contribution in [3.05, 3.63) is 17.5 Å². The fourth-order valence-corrected chi connectivity index (χ4v) is 5.90. The highest BCUT2D eigenvalue weighted by atomic mass is 127. The molecule has 142 valence electrons. The van der Waals surface area contributed by atoms with Gasteiger partial charge in [0.2, 0.25) is 10.0 Å². The Balaban J connectivity index is 0.00000225. The Morgan fingerprint density at radius 1 is 1.32 bits per heavy atom. The highest BCUT2D eigenvalue weighted by Crippen LogP contribution is 2.45. The van der Waals surface area contributed by atoms with Gasteiger partial charge in [-0.1, -0.05) is 18.9 Å². The van der Waals surface area contributed by atoms with Crippen LogP contribution in [0.25, 0.3) is 0 Å². The number of aliphatic imine (C=N–C) groups is 1. The van der Waals surface area contributed by atoms with Crippen molar-refractivity contribution in [2.45, 2.75) is 36.3 Å². The molecule has 1 aromatic rings. The van der Waals surface area contributed by atoms with Crippen molar-refractivity contribution in [2.75, 3.05) is 33.2 Å². The quantitative estimate of drug-likeness (QED) is 0.283. The topological polar surface area (TPSA) is 73.8 Å². The molecule has 0 radical (unpaired) electrons. The fraction of sp³-hybridized carbons (Fsp3) is 0.688. The molecule has 9 heteroatoms. The SMILES string of the molecule is CN=C(NCCNS(=O)(=O)c1cccs1)N1CCC2(CCCC2)C1.I. The molecule has 0 amide bonds. The van der Waals surface area contributed by atoms with Gasteiger partial charge in [0, 0.05) is 33.2 Å². The third-order valence-electron chi connectivity index (χ3n) is 5.07. The van der Waals surface area contributed by atoms with Crippen molar-refractivity contribution in [3.8, 4) is 0 Å². The van der Waals surface area contributed by atoms with Gasteiger partial charge in [-0.05, 0) is 36.1 Å². The van der Waals surface area contributed by atoms with E-state index in [4.69, 9.17) is 0 Å². The fourth-order valence-electron chi connectivity index (χ4n) is 3.83. The molecule has 2 heterocycles. The van der Waals surface area contributed by atoms with Crippen LogP contribution < -0.4 is 10.0 Å². The predicted molar refractivity (Wildman–Crippen MR) is 113 cm³/mol. The molecule has 2 fully saturated rings. The number of thiophene rings is 1. The number of nitrogens with one attached hydrogen (secondary N) is 2. The van der Waals surface area contributed by atoms with Crippen LogP contribution in [0.4, 0.5) is 0 Å². The minimum absolute atomic E-state index is 0. The molecule has 1 spiro atoms. The smallest absolute Gasteiger partial charge is 0.250 e. The van der Waals surface area contributed by atoms with E-state index in [1.54, 1.807) is 24.6 Å². The summed E-state index contributed by atoms with van der Waals surface area (Å²) in [5, 5.41) is 5.05. The van der Waals surface area contributed by atoms with Crippen molar-refractivity contribution in [2.24, 2.45) is 10.4 Å². The summed E-state index contributed by atoms with van der Waals surface area (Å²) >= 11 is 1.23. The second kappa shape index (κ2) is 9.01. The first-order valence-electron chi connectivity index (χ1n) is 8.53. The van der Waals surface area contributed by atoms with E-state index in [9.17, 15) is 8.42 Å². The number of hydrogen-bond donors (Lipinski definition) is 2. The first-order chi connectivity index (χ1) is 11.5. The predicted octanol–water partition coefficient (Wildman–Crippen LogP) is 2.49. The third-order valence-corrected chi connectivity index (χ3v) is 7.93. The largest absolute Gasteiger partial charge is 0.355 e. The zero-order valence-corrected chi connectivity index (χ0v) is 18.5. The summed E-state index contributed by atoms with van der Waals surface area (Å²) in [4.78, 5) is 6.68. The van der Waals surface area contributed by atoms with E-state index in [-0.39, 0.29) is 24.0 Å². The molecular weight excluding hydrogens is 471 g/mol. The molecule has 1 saturated heterocycles. The van der Waals surface area contributed by atoms with Crippen LogP contribution in [0.3, 0.4) is 0 Å². The normalized spacial score (nSPS) is 20.0. The van der Waals surface area contributed by atoms with Gasteiger partial charge in [-0.15, -0.1) is 35.3 Å². The molecule has 2 aliphatic rings. The van der Waals surface area contributed by atoms with Crippen molar-refractivity contribution in [1.82, 2.24) is 14.9 Å². The minimum Gasteiger partial charge on any atom is -0.355 e. The average Bonchev–Trinajstić information content (AvgIpc) is 3.31. The van der Waals surface area contributed by atoms with Crippen LogP contribution in [0.15, 0.2) is 26.7 Å². The summed E-state index contributed by atoms with van der Waals surface area (Å²) < 4.78 is 27.1. The Morgan fingerprint density at radius 3 is 2.72 bits per heavy atom. The number of nitrogens with zero attached hydrogens (tertiary/aromatic N) is 2. The Morgan fingerprint density at radius 2 is 2.08 bits per heavy atom. The summed E-state index contributed by atoms with van der Waals surface area (Å²) in [5.41, 5.74) is 0.498. The van der Waals surface area contributed by atoms with Gasteiger partial charge in [-0.25, -0.2) is 13.1 Å². The minimum atomic E-state index is -3.38. The zero-order chi connectivity index (χ0) is 17.0. The van der Waals surface area contributed by atoms with Crippen LogP contribution in [0.2, 0.25) is 0 Å². The van der Waals surface area contributed by atoms with Crippen LogP contribution in [0.1, 0.15) is 32.1 Å². The molecule has 1 aliphatic carbocycles. The van der Waals surface area contributed by atoms with Gasteiger partial charge in [0.15, 0.2) is 5.96 Å². The molecule has 0 atom stereocenters. The number of rotatable bonds is 5. The Hall–Kier alpha value is -0.390. The van der Waals surface area contributed by atoms with E-state index in [1.807, 2.05) is 0 Å². The van der Waals surface area contributed by atoms with Gasteiger partial charge in [0.1, 0.15) is 4.21 Å². The first kappa shape index (κ1) is 20.9. The lowest BCUT2D eigenvalue weighted by molar-refractivity contribution is 0.309. The highest BCUT2D eigenvalue weighted by molar-refractivity contribution is 14.0. The van der Waals surface area contributed by atoms with Crippen LogP contribution in [-0.4, -0.2) is 52.5 Å². The van der Waals surface area contributed by atoms with E-state index in [0.29, 0.717) is 22.7 Å². The molecule has 1 aliphatic heterocycles. The van der Waals surface area contributed by atoms with Gasteiger partial charge in [0.05, 0.1) is 0 Å². The van der Waals surface area contributed by atoms with E-state index in [1.165, 1.54) is 43.4 Å². The number of halogens is 1. The molecule has 3 rings (SSSR count). The average molecular weight is 498 g/mol. The molecule has 0 unspecified atom stereocenters. The Labute approximate surface area is 171 Å². The monoisotopic (exact) mass is 498 g/mol. The van der Waals surface area contributed by atoms with Gasteiger partial charge < -0.3 is 10.2 Å². The second-order valence-corrected chi connectivity index (χ2v) is 9.62. The third kappa shape index (κ3) is 5.08. The summed E-state index contributed by atoms with van der Waals surface area (Å²) in [7, 11) is -1.59. The molecule has 6 nitrogen and oxygen atoms in total. The number of sulfonamides is 1. The lowest BCUT2D eigenvalue weighted by atomic mass is 9.86. The number of guanidine groups is 1. The number of likely N-dealkylation sites (tertiary alicyclic amines) is 1. The molecular formula is C16H27IN4O2S2. The maximum Gasteiger partial charge on any atom is 0.250 e. The van der Waals surface area contributed by atoms with Gasteiger partial charge >= 0.3 is 0 Å². The van der Waals surface area contributed by atoms with Gasteiger partial charge in [-0.2, -0.15) is 0 Å². The molecule has 0 aromatic carbocycles. The van der Waals surface area contributed by atoms with Gasteiger partial charge in [-0.3, -0.25) is 4.99 Å². The van der Waals surface area contributed by atoms with Crippen LogP contribution in [0, 0.1) is 5.41 Å². The molecule has 1 aromatic heterocycles. The summed E-state index contributed by atoms with van der Waals surface area (Å²) in [5.74, 6) is 0.883. The van der Waals surface area contributed by atoms with E-state index in [2.05, 4.69) is 19.9 Å². The van der Waals surface area contributed by atoms with Gasteiger partial charge in [0.25, 0.3) is 0 Å². The lowest BCUT2D eigenvalue weighted by Gasteiger charge is -2.25. The summed E-state index contributed by atoms with van der Waals surface area (Å²) in [6.45, 7) is 2.99. The molecule has 1 saturated carbocycles. The van der Waals surface area contributed by atoms with Crippen molar-refractivity contribution >= 4 is 51.3 Å². The number of hydrogen-bond acceptors (Lipinski definition) is 4. The first-order valence-corrected chi connectivity index (χ1v) is 10.9. The maximum atomic E-state index is 12.1. The van der Waals surface area contributed by atoms with E-state index in [0.717, 1.165) is 19.0 Å². The lowest BCUT2D eigenvalue weighted by Crippen LogP contribution is -2.43.